The van der Waals surface area contributed by atoms with Gasteiger partial charge in [0.2, 0.25) is 5.95 Å². The van der Waals surface area contributed by atoms with E-state index >= 15 is 0 Å². The van der Waals surface area contributed by atoms with Crippen LogP contribution in [0.5, 0.6) is 0 Å². The van der Waals surface area contributed by atoms with Crippen LogP contribution in [0.15, 0.2) is 18.7 Å². The van der Waals surface area contributed by atoms with E-state index in [1.54, 1.807) is 6.33 Å². The lowest BCUT2D eigenvalue weighted by Crippen LogP contribution is -2.21. The van der Waals surface area contributed by atoms with Gasteiger partial charge in [-0.1, -0.05) is 6.92 Å². The fraction of sp³-hybridized carbons (Fsp3) is 0.462. The minimum Gasteiger partial charge on any atom is -0.327 e. The maximum atomic E-state index is 5.91. The van der Waals surface area contributed by atoms with Crippen molar-refractivity contribution in [2.45, 2.75) is 39.7 Å². The first-order chi connectivity index (χ1) is 8.61. The van der Waals surface area contributed by atoms with Crippen LogP contribution in [0.3, 0.4) is 0 Å². The molecule has 0 aliphatic carbocycles. The van der Waals surface area contributed by atoms with Crippen molar-refractivity contribution < 1.29 is 0 Å². The smallest absolute Gasteiger partial charge is 0.235 e. The fourth-order valence-corrected chi connectivity index (χ4v) is 1.73. The molecule has 0 radical (unpaired) electrons. The second kappa shape index (κ2) is 5.27. The van der Waals surface area contributed by atoms with Crippen molar-refractivity contribution in [3.63, 3.8) is 0 Å². The Kier molecular flexibility index (Phi) is 3.72. The van der Waals surface area contributed by atoms with Gasteiger partial charge < -0.3 is 5.73 Å². The summed E-state index contributed by atoms with van der Waals surface area (Å²) in [5, 5.41) is 0. The lowest BCUT2D eigenvalue weighted by molar-refractivity contribution is 0.642. The van der Waals surface area contributed by atoms with E-state index in [4.69, 9.17) is 5.73 Å². The Hall–Kier alpha value is -1.75. The molecule has 0 aliphatic heterocycles. The van der Waals surface area contributed by atoms with Crippen LogP contribution >= 0.6 is 0 Å². The predicted molar refractivity (Wildman–Crippen MR) is 70.6 cm³/mol. The quantitative estimate of drug-likeness (QED) is 0.887. The zero-order chi connectivity index (χ0) is 13.1. The molecule has 5 heteroatoms. The van der Waals surface area contributed by atoms with E-state index in [0.29, 0.717) is 5.95 Å². The summed E-state index contributed by atoms with van der Waals surface area (Å²) in [6.07, 6.45) is 7.21. The third-order valence-corrected chi connectivity index (χ3v) is 3.18. The Morgan fingerprint density at radius 1 is 1.22 bits per heavy atom. The molecule has 1 atom stereocenters. The summed E-state index contributed by atoms with van der Waals surface area (Å²) in [4.78, 5) is 13.0. The lowest BCUT2D eigenvalue weighted by Gasteiger charge is -2.08. The summed E-state index contributed by atoms with van der Waals surface area (Å²) in [5.74, 6) is 0.655. The van der Waals surface area contributed by atoms with Crippen LogP contribution in [0.2, 0.25) is 0 Å². The largest absolute Gasteiger partial charge is 0.327 e. The van der Waals surface area contributed by atoms with Crippen LogP contribution < -0.4 is 5.73 Å². The average Bonchev–Trinajstić information content (AvgIpc) is 2.71. The average molecular weight is 245 g/mol. The summed E-state index contributed by atoms with van der Waals surface area (Å²) in [5.41, 5.74) is 9.04. The molecule has 0 amide bonds. The van der Waals surface area contributed by atoms with Crippen molar-refractivity contribution in [3.8, 4) is 5.95 Å². The second-order valence-corrected chi connectivity index (χ2v) is 4.55. The lowest BCUT2D eigenvalue weighted by atomic mass is 10.1. The van der Waals surface area contributed by atoms with Crippen molar-refractivity contribution in [1.29, 1.82) is 0 Å². The molecule has 0 bridgehead atoms. The first-order valence-corrected chi connectivity index (χ1v) is 6.19. The van der Waals surface area contributed by atoms with Gasteiger partial charge in [-0.05, 0) is 32.3 Å². The third-order valence-electron chi connectivity index (χ3n) is 3.18. The third kappa shape index (κ3) is 2.56. The number of hydrogen-bond donors (Lipinski definition) is 1. The molecule has 0 aliphatic rings. The number of rotatable bonds is 4. The molecule has 5 nitrogen and oxygen atoms in total. The van der Waals surface area contributed by atoms with Gasteiger partial charge in [-0.15, -0.1) is 0 Å². The standard InChI is InChI=1S/C13H19N5/c1-4-12(14)5-11-6-15-13(16-7-11)18-8-17-9(2)10(18)3/h6-8,12H,4-5,14H2,1-3H3. The molecule has 0 aromatic carbocycles. The number of imidazole rings is 1. The predicted octanol–water partition coefficient (Wildman–Crippen LogP) is 1.56. The van der Waals surface area contributed by atoms with E-state index in [1.807, 2.05) is 30.8 Å². The Morgan fingerprint density at radius 3 is 2.39 bits per heavy atom. The van der Waals surface area contributed by atoms with Crippen molar-refractivity contribution in [2.24, 2.45) is 5.73 Å². The Balaban J connectivity index is 2.20. The summed E-state index contributed by atoms with van der Waals surface area (Å²) >= 11 is 0. The number of hydrogen-bond acceptors (Lipinski definition) is 4. The maximum Gasteiger partial charge on any atom is 0.235 e. The zero-order valence-corrected chi connectivity index (χ0v) is 11.1. The van der Waals surface area contributed by atoms with Crippen LogP contribution in [-0.4, -0.2) is 25.6 Å². The van der Waals surface area contributed by atoms with Gasteiger partial charge in [0.05, 0.1) is 5.69 Å². The summed E-state index contributed by atoms with van der Waals surface area (Å²) in [6, 6.07) is 0.177. The topological polar surface area (TPSA) is 69.6 Å². The van der Waals surface area contributed by atoms with Gasteiger partial charge in [-0.3, -0.25) is 4.57 Å². The van der Waals surface area contributed by atoms with Gasteiger partial charge >= 0.3 is 0 Å². The van der Waals surface area contributed by atoms with Gasteiger partial charge in [0.25, 0.3) is 0 Å². The minimum absolute atomic E-state index is 0.177. The molecular weight excluding hydrogens is 226 g/mol. The monoisotopic (exact) mass is 245 g/mol. The Morgan fingerprint density at radius 2 is 1.89 bits per heavy atom. The van der Waals surface area contributed by atoms with Crippen molar-refractivity contribution in [3.05, 3.63) is 35.7 Å². The minimum atomic E-state index is 0.177. The van der Waals surface area contributed by atoms with Crippen LogP contribution in [-0.2, 0) is 6.42 Å². The van der Waals surface area contributed by atoms with E-state index in [1.165, 1.54) is 0 Å². The van der Waals surface area contributed by atoms with Crippen LogP contribution in [0.4, 0.5) is 0 Å². The first-order valence-electron chi connectivity index (χ1n) is 6.19. The van der Waals surface area contributed by atoms with E-state index in [-0.39, 0.29) is 6.04 Å². The molecule has 0 fully saturated rings. The molecule has 2 N–H and O–H groups in total. The molecule has 2 aromatic rings. The molecular formula is C13H19N5. The van der Waals surface area contributed by atoms with Crippen LogP contribution in [0.1, 0.15) is 30.3 Å². The SMILES string of the molecule is CCC(N)Cc1cnc(-n2cnc(C)c2C)nc1. The highest BCUT2D eigenvalue weighted by Crippen LogP contribution is 2.10. The van der Waals surface area contributed by atoms with Crippen molar-refractivity contribution in [1.82, 2.24) is 19.5 Å². The van der Waals surface area contributed by atoms with E-state index in [2.05, 4.69) is 21.9 Å². The van der Waals surface area contributed by atoms with E-state index in [9.17, 15) is 0 Å². The normalized spacial score (nSPS) is 12.7. The van der Waals surface area contributed by atoms with Crippen molar-refractivity contribution >= 4 is 0 Å². The van der Waals surface area contributed by atoms with Gasteiger partial charge in [0, 0.05) is 24.1 Å². The van der Waals surface area contributed by atoms with Crippen molar-refractivity contribution in [2.75, 3.05) is 0 Å². The first kappa shape index (κ1) is 12.7. The molecule has 2 aromatic heterocycles. The molecule has 0 spiro atoms. The number of aryl methyl sites for hydroxylation is 1. The molecule has 0 saturated heterocycles. The summed E-state index contributed by atoms with van der Waals surface area (Å²) < 4.78 is 1.89. The fourth-order valence-electron chi connectivity index (χ4n) is 1.73. The Labute approximate surface area is 107 Å². The highest BCUT2D eigenvalue weighted by atomic mass is 15.2. The molecule has 1 unspecified atom stereocenters. The maximum absolute atomic E-state index is 5.91. The molecule has 96 valence electrons. The highest BCUT2D eigenvalue weighted by Gasteiger charge is 2.07. The second-order valence-electron chi connectivity index (χ2n) is 4.55. The number of nitrogens with zero attached hydrogens (tertiary/aromatic N) is 4. The van der Waals surface area contributed by atoms with Crippen LogP contribution in [0, 0.1) is 13.8 Å². The number of nitrogens with two attached hydrogens (primary N) is 1. The Bertz CT molecular complexity index is 515. The van der Waals surface area contributed by atoms with Gasteiger partial charge in [-0.2, -0.15) is 0 Å². The van der Waals surface area contributed by atoms with Gasteiger partial charge in [0.1, 0.15) is 6.33 Å². The molecule has 18 heavy (non-hydrogen) atoms. The van der Waals surface area contributed by atoms with Gasteiger partial charge in [0.15, 0.2) is 0 Å². The molecule has 0 saturated carbocycles. The summed E-state index contributed by atoms with van der Waals surface area (Å²) in [6.45, 7) is 6.06. The summed E-state index contributed by atoms with van der Waals surface area (Å²) in [7, 11) is 0. The van der Waals surface area contributed by atoms with Crippen LogP contribution in [0.25, 0.3) is 5.95 Å². The van der Waals surface area contributed by atoms with Gasteiger partial charge in [-0.25, -0.2) is 15.0 Å². The number of aromatic nitrogens is 4. The molecule has 2 rings (SSSR count). The van der Waals surface area contributed by atoms with E-state index < -0.39 is 0 Å². The van der Waals surface area contributed by atoms with E-state index in [0.717, 1.165) is 29.8 Å². The molecule has 2 heterocycles. The highest BCUT2D eigenvalue weighted by molar-refractivity contribution is 5.22. The zero-order valence-electron chi connectivity index (χ0n) is 11.1.